The van der Waals surface area contributed by atoms with Crippen molar-refractivity contribution < 1.29 is 9.94 Å². The van der Waals surface area contributed by atoms with Crippen molar-refractivity contribution >= 4 is 0 Å². The van der Waals surface area contributed by atoms with Crippen molar-refractivity contribution in [2.24, 2.45) is 5.90 Å². The molecule has 1 rings (SSSR count). The number of rotatable bonds is 3. The van der Waals surface area contributed by atoms with E-state index in [9.17, 15) is 5.11 Å². The molecular weight excluding hydrogens is 178 g/mol. The molecule has 0 spiro atoms. The lowest BCUT2D eigenvalue weighted by molar-refractivity contribution is 0.140. The van der Waals surface area contributed by atoms with E-state index in [0.29, 0.717) is 18.8 Å². The maximum Gasteiger partial charge on any atom is 0.122 e. The molecular formula is C11H17NO2. The monoisotopic (exact) mass is 195 g/mol. The van der Waals surface area contributed by atoms with Crippen molar-refractivity contribution in [3.63, 3.8) is 0 Å². The molecule has 0 aliphatic carbocycles. The molecule has 0 heterocycles. The Labute approximate surface area is 84.5 Å². The lowest BCUT2D eigenvalue weighted by atomic mass is 9.97. The molecule has 0 atom stereocenters. The average Bonchev–Trinajstić information content (AvgIpc) is 2.14. The van der Waals surface area contributed by atoms with Crippen LogP contribution in [0.25, 0.3) is 0 Å². The Morgan fingerprint density at radius 3 is 2.50 bits per heavy atom. The summed E-state index contributed by atoms with van der Waals surface area (Å²) < 4.78 is 0. The van der Waals surface area contributed by atoms with Crippen molar-refractivity contribution in [3.05, 3.63) is 28.3 Å². The minimum Gasteiger partial charge on any atom is -0.507 e. The summed E-state index contributed by atoms with van der Waals surface area (Å²) in [4.78, 5) is 4.51. The Hall–Kier alpha value is -1.06. The van der Waals surface area contributed by atoms with Crippen LogP contribution in [0.2, 0.25) is 0 Å². The fourth-order valence-electron chi connectivity index (χ4n) is 1.60. The number of hydrogen-bond acceptors (Lipinski definition) is 3. The molecule has 0 amide bonds. The molecule has 0 aliphatic rings. The fourth-order valence-corrected chi connectivity index (χ4v) is 1.60. The normalized spacial score (nSPS) is 10.6. The van der Waals surface area contributed by atoms with Crippen LogP contribution in [-0.2, 0) is 11.3 Å². The third-order valence-electron chi connectivity index (χ3n) is 2.61. The summed E-state index contributed by atoms with van der Waals surface area (Å²) in [6, 6.07) is 2.07. The third kappa shape index (κ3) is 2.05. The predicted octanol–water partition coefficient (Wildman–Crippen LogP) is 1.75. The van der Waals surface area contributed by atoms with Gasteiger partial charge in [-0.2, -0.15) is 0 Å². The van der Waals surface area contributed by atoms with Gasteiger partial charge in [-0.25, -0.2) is 5.90 Å². The van der Waals surface area contributed by atoms with E-state index >= 15 is 0 Å². The van der Waals surface area contributed by atoms with Gasteiger partial charge in [-0.15, -0.1) is 0 Å². The average molecular weight is 195 g/mol. The van der Waals surface area contributed by atoms with E-state index in [1.165, 1.54) is 0 Å². The number of phenolic OH excluding ortho intramolecular Hbond substituents is 1. The third-order valence-corrected chi connectivity index (χ3v) is 2.61. The Balaban J connectivity index is 3.09. The van der Waals surface area contributed by atoms with Gasteiger partial charge in [-0.1, -0.05) is 6.07 Å². The van der Waals surface area contributed by atoms with E-state index in [1.54, 1.807) is 0 Å². The van der Waals surface area contributed by atoms with Gasteiger partial charge in [0.05, 0.1) is 6.61 Å². The van der Waals surface area contributed by atoms with Crippen molar-refractivity contribution in [2.75, 3.05) is 6.61 Å². The number of aromatic hydroxyl groups is 1. The summed E-state index contributed by atoms with van der Waals surface area (Å²) in [5.41, 5.74) is 4.06. The zero-order chi connectivity index (χ0) is 10.7. The Kier molecular flexibility index (Phi) is 3.49. The van der Waals surface area contributed by atoms with Crippen molar-refractivity contribution in [1.29, 1.82) is 0 Å². The molecule has 0 unspecified atom stereocenters. The van der Waals surface area contributed by atoms with Gasteiger partial charge in [-0.05, 0) is 43.0 Å². The lowest BCUT2D eigenvalue weighted by Gasteiger charge is -2.12. The second-order valence-corrected chi connectivity index (χ2v) is 3.58. The molecule has 1 aromatic rings. The molecule has 3 N–H and O–H groups in total. The summed E-state index contributed by atoms with van der Waals surface area (Å²) in [5.74, 6) is 5.34. The van der Waals surface area contributed by atoms with Crippen LogP contribution in [0.3, 0.4) is 0 Å². The van der Waals surface area contributed by atoms with E-state index in [2.05, 4.69) is 10.9 Å². The van der Waals surface area contributed by atoms with Crippen LogP contribution in [0.5, 0.6) is 5.75 Å². The molecule has 3 nitrogen and oxygen atoms in total. The molecule has 1 aromatic carbocycles. The summed E-state index contributed by atoms with van der Waals surface area (Å²) in [6.45, 7) is 6.32. The van der Waals surface area contributed by atoms with Crippen LogP contribution in [0.1, 0.15) is 22.3 Å². The van der Waals surface area contributed by atoms with Gasteiger partial charge < -0.3 is 9.94 Å². The number of benzene rings is 1. The molecule has 0 radical (unpaired) electrons. The molecule has 78 valence electrons. The first-order valence-corrected chi connectivity index (χ1v) is 4.68. The quantitative estimate of drug-likeness (QED) is 0.722. The molecule has 0 saturated carbocycles. The molecule has 0 fully saturated rings. The number of phenols is 1. The fraction of sp³-hybridized carbons (Fsp3) is 0.455. The van der Waals surface area contributed by atoms with Gasteiger partial charge in [-0.3, -0.25) is 0 Å². The van der Waals surface area contributed by atoms with Crippen LogP contribution in [0, 0.1) is 20.8 Å². The van der Waals surface area contributed by atoms with Crippen LogP contribution in [0.15, 0.2) is 6.07 Å². The first-order valence-electron chi connectivity index (χ1n) is 4.68. The predicted molar refractivity (Wildman–Crippen MR) is 56.2 cm³/mol. The summed E-state index contributed by atoms with van der Waals surface area (Å²) >= 11 is 0. The van der Waals surface area contributed by atoms with Gasteiger partial charge in [0.15, 0.2) is 0 Å². The SMILES string of the molecule is Cc1cc(C)c(CCON)c(O)c1C. The molecule has 14 heavy (non-hydrogen) atoms. The standard InChI is InChI=1S/C11H17NO2/c1-7-6-8(2)10(4-5-14-12)11(13)9(7)3/h6,13H,4-5,12H2,1-3H3. The molecule has 0 aromatic heterocycles. The Bertz CT molecular complexity index is 335. The Morgan fingerprint density at radius 1 is 1.29 bits per heavy atom. The Morgan fingerprint density at radius 2 is 1.93 bits per heavy atom. The molecule has 3 heteroatoms. The minimum absolute atomic E-state index is 0.375. The summed E-state index contributed by atoms with van der Waals surface area (Å²) in [6.07, 6.45) is 0.648. The summed E-state index contributed by atoms with van der Waals surface area (Å²) in [7, 11) is 0. The zero-order valence-corrected chi connectivity index (χ0v) is 8.92. The van der Waals surface area contributed by atoms with Gasteiger partial charge >= 0.3 is 0 Å². The minimum atomic E-state index is 0.375. The molecule has 0 bridgehead atoms. The zero-order valence-electron chi connectivity index (χ0n) is 8.92. The maximum atomic E-state index is 9.89. The van der Waals surface area contributed by atoms with E-state index in [1.807, 2.05) is 20.8 Å². The number of hydrogen-bond donors (Lipinski definition) is 2. The summed E-state index contributed by atoms with van der Waals surface area (Å²) in [5, 5.41) is 9.89. The van der Waals surface area contributed by atoms with Crippen LogP contribution in [-0.4, -0.2) is 11.7 Å². The number of aryl methyl sites for hydroxylation is 2. The highest BCUT2D eigenvalue weighted by molar-refractivity contribution is 5.48. The largest absolute Gasteiger partial charge is 0.507 e. The second kappa shape index (κ2) is 4.44. The van der Waals surface area contributed by atoms with E-state index < -0.39 is 0 Å². The molecule has 0 saturated heterocycles. The van der Waals surface area contributed by atoms with E-state index in [0.717, 1.165) is 22.3 Å². The smallest absolute Gasteiger partial charge is 0.122 e. The first-order chi connectivity index (χ1) is 6.57. The highest BCUT2D eigenvalue weighted by Crippen LogP contribution is 2.28. The van der Waals surface area contributed by atoms with E-state index in [4.69, 9.17) is 5.90 Å². The van der Waals surface area contributed by atoms with Crippen LogP contribution < -0.4 is 5.90 Å². The second-order valence-electron chi connectivity index (χ2n) is 3.58. The van der Waals surface area contributed by atoms with Crippen LogP contribution in [0.4, 0.5) is 0 Å². The molecule has 0 aliphatic heterocycles. The van der Waals surface area contributed by atoms with Gasteiger partial charge in [0, 0.05) is 6.42 Å². The van der Waals surface area contributed by atoms with E-state index in [-0.39, 0.29) is 0 Å². The lowest BCUT2D eigenvalue weighted by Crippen LogP contribution is -2.05. The van der Waals surface area contributed by atoms with Gasteiger partial charge in [0.1, 0.15) is 5.75 Å². The van der Waals surface area contributed by atoms with Gasteiger partial charge in [0.25, 0.3) is 0 Å². The van der Waals surface area contributed by atoms with Crippen molar-refractivity contribution in [3.8, 4) is 5.75 Å². The van der Waals surface area contributed by atoms with Crippen molar-refractivity contribution in [1.82, 2.24) is 0 Å². The van der Waals surface area contributed by atoms with Gasteiger partial charge in [0.2, 0.25) is 0 Å². The topological polar surface area (TPSA) is 55.5 Å². The maximum absolute atomic E-state index is 9.89. The first kappa shape index (κ1) is 11.0. The highest BCUT2D eigenvalue weighted by atomic mass is 16.6. The van der Waals surface area contributed by atoms with Crippen molar-refractivity contribution in [2.45, 2.75) is 27.2 Å². The number of nitrogens with two attached hydrogens (primary N) is 1. The highest BCUT2D eigenvalue weighted by Gasteiger charge is 2.09. The van der Waals surface area contributed by atoms with Crippen LogP contribution >= 0.6 is 0 Å².